The molecule has 3 atom stereocenters. The Bertz CT molecular complexity index is 491. The Morgan fingerprint density at radius 1 is 1.32 bits per heavy atom. The molecule has 0 saturated carbocycles. The second-order valence-corrected chi connectivity index (χ2v) is 10.3. The summed E-state index contributed by atoms with van der Waals surface area (Å²) in [4.78, 5) is 12.1. The SMILES string of the molecule is CC1(C)CC(OC(=O)CCCCC(O)/C=C/S(=O)P)CC(C)(C)N1O. The van der Waals surface area contributed by atoms with Gasteiger partial charge in [0, 0.05) is 35.7 Å². The Morgan fingerprint density at radius 3 is 2.40 bits per heavy atom. The van der Waals surface area contributed by atoms with Crippen molar-refractivity contribution in [2.75, 3.05) is 0 Å². The highest BCUT2D eigenvalue weighted by Crippen LogP contribution is 2.38. The predicted molar refractivity (Wildman–Crippen MR) is 102 cm³/mol. The molecule has 0 spiro atoms. The summed E-state index contributed by atoms with van der Waals surface area (Å²) in [7, 11) is 0.991. The van der Waals surface area contributed by atoms with Gasteiger partial charge in [-0.1, -0.05) is 0 Å². The summed E-state index contributed by atoms with van der Waals surface area (Å²) in [6, 6.07) is 0. The van der Waals surface area contributed by atoms with Gasteiger partial charge >= 0.3 is 5.97 Å². The minimum absolute atomic E-state index is 0.202. The van der Waals surface area contributed by atoms with E-state index in [0.29, 0.717) is 38.5 Å². The number of ether oxygens (including phenoxy) is 1. The van der Waals surface area contributed by atoms with Crippen molar-refractivity contribution >= 4 is 24.8 Å². The Labute approximate surface area is 155 Å². The number of nitrogens with zero attached hydrogens (tertiary/aromatic N) is 1. The third-order valence-corrected chi connectivity index (χ3v) is 5.36. The number of unbranched alkanes of at least 4 members (excludes halogenated alkanes) is 1. The second kappa shape index (κ2) is 9.56. The van der Waals surface area contributed by atoms with Crippen molar-refractivity contribution in [3.05, 3.63) is 11.5 Å². The quantitative estimate of drug-likeness (QED) is 0.375. The van der Waals surface area contributed by atoms with Crippen molar-refractivity contribution < 1.29 is 24.1 Å². The molecule has 0 aromatic rings. The normalized spacial score (nSPS) is 23.5. The highest BCUT2D eigenvalue weighted by atomic mass is 32.7. The van der Waals surface area contributed by atoms with Crippen molar-refractivity contribution in [1.82, 2.24) is 5.06 Å². The zero-order valence-corrected chi connectivity index (χ0v) is 17.6. The maximum atomic E-state index is 12.1. The van der Waals surface area contributed by atoms with Crippen LogP contribution in [0.3, 0.4) is 0 Å². The molecule has 1 saturated heterocycles. The largest absolute Gasteiger partial charge is 0.462 e. The van der Waals surface area contributed by atoms with Crippen LogP contribution in [-0.2, 0) is 20.0 Å². The molecule has 0 aromatic carbocycles. The maximum Gasteiger partial charge on any atom is 0.306 e. The van der Waals surface area contributed by atoms with Crippen molar-refractivity contribution in [3.8, 4) is 0 Å². The van der Waals surface area contributed by atoms with Gasteiger partial charge in [0.15, 0.2) is 0 Å². The molecule has 1 rings (SSSR count). The van der Waals surface area contributed by atoms with E-state index >= 15 is 0 Å². The molecule has 0 aliphatic carbocycles. The van der Waals surface area contributed by atoms with Crippen molar-refractivity contribution in [2.45, 2.75) is 89.5 Å². The molecule has 0 radical (unpaired) electrons. The first kappa shape index (κ1) is 22.7. The lowest BCUT2D eigenvalue weighted by molar-refractivity contribution is -0.259. The average molecular weight is 393 g/mol. The van der Waals surface area contributed by atoms with E-state index in [2.05, 4.69) is 8.44 Å². The fourth-order valence-electron chi connectivity index (χ4n) is 3.39. The number of carbonyl (C=O) groups excluding carboxylic acids is 1. The van der Waals surface area contributed by atoms with Gasteiger partial charge in [0.1, 0.15) is 6.10 Å². The van der Waals surface area contributed by atoms with Gasteiger partial charge in [-0.2, -0.15) is 5.06 Å². The van der Waals surface area contributed by atoms with Crippen LogP contribution in [0, 0.1) is 0 Å². The molecular weight excluding hydrogens is 361 g/mol. The first-order chi connectivity index (χ1) is 11.4. The number of aliphatic hydroxyl groups is 1. The van der Waals surface area contributed by atoms with Crippen LogP contribution in [0.5, 0.6) is 0 Å². The molecule has 6 nitrogen and oxygen atoms in total. The molecule has 0 bridgehead atoms. The van der Waals surface area contributed by atoms with Crippen LogP contribution in [-0.4, -0.2) is 48.8 Å². The molecular formula is C17H32NO5PS. The van der Waals surface area contributed by atoms with Crippen LogP contribution in [0.4, 0.5) is 0 Å². The highest BCUT2D eigenvalue weighted by molar-refractivity contribution is 8.35. The number of hydrogen-bond acceptors (Lipinski definition) is 6. The molecule has 8 heteroatoms. The Balaban J connectivity index is 2.34. The molecule has 0 aromatic heterocycles. The Hall–Kier alpha value is -0.330. The van der Waals surface area contributed by atoms with E-state index in [1.54, 1.807) is 0 Å². The third-order valence-electron chi connectivity index (χ3n) is 4.46. The van der Waals surface area contributed by atoms with Gasteiger partial charge in [0.05, 0.1) is 16.5 Å². The summed E-state index contributed by atoms with van der Waals surface area (Å²) < 4.78 is 16.5. The molecule has 0 amide bonds. The molecule has 3 unspecified atom stereocenters. The van der Waals surface area contributed by atoms with E-state index in [0.717, 1.165) is 0 Å². The number of piperidine rings is 1. The fraction of sp³-hybridized carbons (Fsp3) is 0.824. The topological polar surface area (TPSA) is 87.1 Å². The van der Waals surface area contributed by atoms with E-state index in [1.165, 1.54) is 16.5 Å². The first-order valence-electron chi connectivity index (χ1n) is 8.64. The van der Waals surface area contributed by atoms with E-state index < -0.39 is 27.6 Å². The lowest BCUT2D eigenvalue weighted by atomic mass is 9.80. The van der Waals surface area contributed by atoms with E-state index in [4.69, 9.17) is 4.74 Å². The van der Waals surface area contributed by atoms with Gasteiger partial charge in [-0.25, -0.2) is 0 Å². The summed E-state index contributed by atoms with van der Waals surface area (Å²) in [5.41, 5.74) is -0.887. The van der Waals surface area contributed by atoms with Crippen LogP contribution in [0.2, 0.25) is 0 Å². The monoisotopic (exact) mass is 393 g/mol. The lowest BCUT2D eigenvalue weighted by Crippen LogP contribution is -2.60. The zero-order chi connectivity index (χ0) is 19.3. The van der Waals surface area contributed by atoms with Crippen molar-refractivity contribution in [3.63, 3.8) is 0 Å². The lowest BCUT2D eigenvalue weighted by Gasteiger charge is -2.50. The summed E-state index contributed by atoms with van der Waals surface area (Å²) in [5.74, 6) is -0.237. The molecule has 1 heterocycles. The molecule has 25 heavy (non-hydrogen) atoms. The number of hydroxylamine groups is 2. The Kier molecular flexibility index (Phi) is 8.69. The van der Waals surface area contributed by atoms with Gasteiger partial charge in [0.2, 0.25) is 0 Å². The number of esters is 1. The molecule has 2 N–H and O–H groups in total. The van der Waals surface area contributed by atoms with Gasteiger partial charge in [-0.3, -0.25) is 9.00 Å². The molecule has 1 aliphatic heterocycles. The summed E-state index contributed by atoms with van der Waals surface area (Å²) >= 11 is 0. The maximum absolute atomic E-state index is 12.1. The second-order valence-electron chi connectivity index (χ2n) is 7.93. The van der Waals surface area contributed by atoms with Crippen molar-refractivity contribution in [2.24, 2.45) is 0 Å². The number of carbonyl (C=O) groups is 1. The zero-order valence-electron chi connectivity index (χ0n) is 15.6. The Morgan fingerprint density at radius 2 is 1.88 bits per heavy atom. The minimum atomic E-state index is -1.14. The predicted octanol–water partition coefficient (Wildman–Crippen LogP) is 2.91. The molecule has 1 aliphatic rings. The van der Waals surface area contributed by atoms with Gasteiger partial charge in [-0.15, -0.1) is 0 Å². The van der Waals surface area contributed by atoms with E-state index in [9.17, 15) is 19.3 Å². The molecule has 146 valence electrons. The van der Waals surface area contributed by atoms with Crippen LogP contribution in [0.1, 0.15) is 66.2 Å². The fourth-order valence-corrected chi connectivity index (χ4v) is 4.00. The standard InChI is InChI=1S/C17H32NO5PS/c1-16(2)11-14(12-17(3,4)18(16)21)23-15(20)8-6-5-7-13(19)9-10-25(22)24/h9-10,13-14,19,21H,5-8,11-12,24H2,1-4H3/b10-9+. The number of hydrogen-bond donors (Lipinski definition) is 2. The first-order valence-corrected chi connectivity index (χ1v) is 11.3. The number of aliphatic hydroxyl groups excluding tert-OH is 1. The molecule has 1 fully saturated rings. The number of rotatable bonds is 8. The summed E-state index contributed by atoms with van der Waals surface area (Å²) in [6.07, 6.45) is 4.01. The summed E-state index contributed by atoms with van der Waals surface area (Å²) in [6.45, 7) is 7.74. The van der Waals surface area contributed by atoms with Gasteiger partial charge in [0.25, 0.3) is 0 Å². The van der Waals surface area contributed by atoms with E-state index in [-0.39, 0.29) is 12.1 Å². The van der Waals surface area contributed by atoms with Crippen molar-refractivity contribution in [1.29, 1.82) is 0 Å². The van der Waals surface area contributed by atoms with Crippen LogP contribution >= 0.6 is 8.44 Å². The average Bonchev–Trinajstić information content (AvgIpc) is 2.46. The van der Waals surface area contributed by atoms with Gasteiger partial charge in [-0.05, 0) is 61.5 Å². The van der Waals surface area contributed by atoms with Crippen LogP contribution < -0.4 is 0 Å². The highest BCUT2D eigenvalue weighted by Gasteiger charge is 2.46. The third kappa shape index (κ3) is 7.83. The summed E-state index contributed by atoms with van der Waals surface area (Å²) in [5, 5.41) is 22.7. The van der Waals surface area contributed by atoms with Gasteiger partial charge < -0.3 is 15.1 Å². The van der Waals surface area contributed by atoms with E-state index in [1.807, 2.05) is 27.7 Å². The smallest absolute Gasteiger partial charge is 0.306 e. The van der Waals surface area contributed by atoms with Crippen LogP contribution in [0.15, 0.2) is 11.5 Å². The minimum Gasteiger partial charge on any atom is -0.462 e. The van der Waals surface area contributed by atoms with Crippen LogP contribution in [0.25, 0.3) is 0 Å².